The molecule has 0 radical (unpaired) electrons. The van der Waals surface area contributed by atoms with E-state index in [0.717, 1.165) is 0 Å². The van der Waals surface area contributed by atoms with Crippen LogP contribution < -0.4 is 11.1 Å². The predicted molar refractivity (Wildman–Crippen MR) is 40.1 cm³/mol. The number of carbonyl (C=O) groups is 1. The maximum atomic E-state index is 10.3. The van der Waals surface area contributed by atoms with Crippen molar-refractivity contribution < 1.29 is 4.79 Å². The van der Waals surface area contributed by atoms with Gasteiger partial charge in [0.1, 0.15) is 0 Å². The van der Waals surface area contributed by atoms with Crippen LogP contribution in [0.25, 0.3) is 0 Å². The Kier molecular flexibility index (Phi) is 6.34. The summed E-state index contributed by atoms with van der Waals surface area (Å²) in [6, 6.07) is 0.0625. The van der Waals surface area contributed by atoms with Crippen LogP contribution in [0, 0.1) is 0 Å². The van der Waals surface area contributed by atoms with Crippen molar-refractivity contribution in [3.05, 3.63) is 0 Å². The van der Waals surface area contributed by atoms with Gasteiger partial charge < -0.3 is 11.1 Å². The Morgan fingerprint density at radius 3 is 2.22 bits per heavy atom. The van der Waals surface area contributed by atoms with E-state index in [0.29, 0.717) is 13.0 Å². The van der Waals surface area contributed by atoms with Crippen LogP contribution in [0.1, 0.15) is 6.42 Å². The molecule has 9 heavy (non-hydrogen) atoms. The summed E-state index contributed by atoms with van der Waals surface area (Å²) in [5.74, 6) is 0.0764. The Hall–Kier alpha value is 0.01000. The van der Waals surface area contributed by atoms with Crippen molar-refractivity contribution in [1.29, 1.82) is 0 Å². The number of hydrogen-bond acceptors (Lipinski definition) is 2. The summed E-state index contributed by atoms with van der Waals surface area (Å²) in [5, 5.41) is 2.61. The zero-order valence-electron chi connectivity index (χ0n) is 4.79. The van der Waals surface area contributed by atoms with Crippen LogP contribution in [0.5, 0.6) is 0 Å². The van der Waals surface area contributed by atoms with E-state index in [1.54, 1.807) is 0 Å². The third kappa shape index (κ3) is 3.56. The van der Waals surface area contributed by atoms with Crippen LogP contribution in [-0.4, -0.2) is 18.5 Å². The standard InChI is InChI=1S/C4H8N2O.2ClH/c5-3-1-4(7)6-2-3;;/h3H,1-2,5H2,(H,6,7);2*1H/t3-;;/m1../s1. The second-order valence-electron chi connectivity index (χ2n) is 1.77. The quantitative estimate of drug-likeness (QED) is 0.527. The minimum absolute atomic E-state index is 0. The van der Waals surface area contributed by atoms with Crippen molar-refractivity contribution in [1.82, 2.24) is 5.32 Å². The summed E-state index contributed by atoms with van der Waals surface area (Å²) >= 11 is 0. The lowest BCUT2D eigenvalue weighted by Gasteiger charge is -1.90. The Balaban J connectivity index is 0. The van der Waals surface area contributed by atoms with Crippen molar-refractivity contribution in [2.75, 3.05) is 6.54 Å². The Labute approximate surface area is 66.2 Å². The zero-order valence-corrected chi connectivity index (χ0v) is 6.43. The fourth-order valence-corrected chi connectivity index (χ4v) is 0.627. The number of carbonyl (C=O) groups excluding carboxylic acids is 1. The molecule has 0 aromatic carbocycles. The van der Waals surface area contributed by atoms with Crippen molar-refractivity contribution >= 4 is 30.7 Å². The fraction of sp³-hybridized carbons (Fsp3) is 0.750. The first kappa shape index (κ1) is 11.8. The van der Waals surface area contributed by atoms with Crippen molar-refractivity contribution in [2.45, 2.75) is 12.5 Å². The van der Waals surface area contributed by atoms with Crippen molar-refractivity contribution in [3.8, 4) is 0 Å². The van der Waals surface area contributed by atoms with E-state index >= 15 is 0 Å². The second-order valence-corrected chi connectivity index (χ2v) is 1.77. The lowest BCUT2D eigenvalue weighted by Crippen LogP contribution is -2.22. The summed E-state index contributed by atoms with van der Waals surface area (Å²) in [7, 11) is 0. The first-order valence-corrected chi connectivity index (χ1v) is 2.31. The first-order chi connectivity index (χ1) is 3.29. The molecule has 0 aromatic rings. The molecule has 1 atom stereocenters. The average Bonchev–Trinajstić information content (AvgIpc) is 1.87. The van der Waals surface area contributed by atoms with E-state index < -0.39 is 0 Å². The molecule has 0 spiro atoms. The molecule has 0 unspecified atom stereocenters. The van der Waals surface area contributed by atoms with Gasteiger partial charge in [-0.1, -0.05) is 0 Å². The van der Waals surface area contributed by atoms with Crippen LogP contribution in [0.3, 0.4) is 0 Å². The number of rotatable bonds is 0. The highest BCUT2D eigenvalue weighted by atomic mass is 35.5. The molecular formula is C4H10Cl2N2O. The van der Waals surface area contributed by atoms with Crippen molar-refractivity contribution in [3.63, 3.8) is 0 Å². The molecule has 0 aromatic heterocycles. The van der Waals surface area contributed by atoms with Crippen LogP contribution in [0.15, 0.2) is 0 Å². The minimum atomic E-state index is 0. The van der Waals surface area contributed by atoms with Gasteiger partial charge in [-0.2, -0.15) is 0 Å². The number of halogens is 2. The maximum Gasteiger partial charge on any atom is 0.221 e. The predicted octanol–water partition coefficient (Wildman–Crippen LogP) is -0.323. The van der Waals surface area contributed by atoms with Gasteiger partial charge in [-0.15, -0.1) is 24.8 Å². The normalized spacial score (nSPS) is 23.7. The molecule has 1 saturated heterocycles. The average molecular weight is 173 g/mol. The van der Waals surface area contributed by atoms with Crippen LogP contribution in [0.4, 0.5) is 0 Å². The van der Waals surface area contributed by atoms with Gasteiger partial charge in [0.25, 0.3) is 0 Å². The lowest BCUT2D eigenvalue weighted by atomic mass is 10.3. The highest BCUT2D eigenvalue weighted by Gasteiger charge is 2.15. The summed E-state index contributed by atoms with van der Waals surface area (Å²) < 4.78 is 0. The highest BCUT2D eigenvalue weighted by Crippen LogP contribution is 1.92. The zero-order chi connectivity index (χ0) is 5.28. The molecule has 5 heteroatoms. The molecule has 3 N–H and O–H groups in total. The summed E-state index contributed by atoms with van der Waals surface area (Å²) in [6.07, 6.45) is 0.500. The van der Waals surface area contributed by atoms with Crippen molar-refractivity contribution in [2.24, 2.45) is 5.73 Å². The molecular weight excluding hydrogens is 163 g/mol. The van der Waals surface area contributed by atoms with Gasteiger partial charge in [-0.25, -0.2) is 0 Å². The first-order valence-electron chi connectivity index (χ1n) is 2.31. The second kappa shape index (κ2) is 4.85. The summed E-state index contributed by atoms with van der Waals surface area (Å²) in [5.41, 5.74) is 5.34. The van der Waals surface area contributed by atoms with Crippen LogP contribution >= 0.6 is 24.8 Å². The molecule has 0 aliphatic carbocycles. The SMILES string of the molecule is Cl.Cl.N[C@H]1CNC(=O)C1. The summed E-state index contributed by atoms with van der Waals surface area (Å²) in [4.78, 5) is 10.3. The number of nitrogens with one attached hydrogen (secondary N) is 1. The molecule has 0 bridgehead atoms. The minimum Gasteiger partial charge on any atom is -0.354 e. The number of hydrogen-bond donors (Lipinski definition) is 2. The molecule has 1 fully saturated rings. The van der Waals surface area contributed by atoms with E-state index in [1.807, 2.05) is 0 Å². The number of nitrogens with two attached hydrogens (primary N) is 1. The van der Waals surface area contributed by atoms with Gasteiger partial charge in [0.05, 0.1) is 0 Å². The van der Waals surface area contributed by atoms with Gasteiger partial charge in [-0.05, 0) is 0 Å². The van der Waals surface area contributed by atoms with E-state index in [4.69, 9.17) is 5.73 Å². The molecule has 0 saturated carbocycles. The molecule has 56 valence electrons. The molecule has 1 amide bonds. The Morgan fingerprint density at radius 2 is 2.11 bits per heavy atom. The largest absolute Gasteiger partial charge is 0.354 e. The van der Waals surface area contributed by atoms with Gasteiger partial charge in [-0.3, -0.25) is 4.79 Å². The van der Waals surface area contributed by atoms with Crippen LogP contribution in [0.2, 0.25) is 0 Å². The third-order valence-corrected chi connectivity index (χ3v) is 1.01. The van der Waals surface area contributed by atoms with Gasteiger partial charge >= 0.3 is 0 Å². The van der Waals surface area contributed by atoms with Crippen LogP contribution in [-0.2, 0) is 4.79 Å². The third-order valence-electron chi connectivity index (χ3n) is 1.01. The fourth-order valence-electron chi connectivity index (χ4n) is 0.627. The van der Waals surface area contributed by atoms with Gasteiger partial charge in [0.15, 0.2) is 0 Å². The van der Waals surface area contributed by atoms with E-state index in [2.05, 4.69) is 5.32 Å². The number of amides is 1. The smallest absolute Gasteiger partial charge is 0.221 e. The van der Waals surface area contributed by atoms with E-state index in [9.17, 15) is 4.79 Å². The monoisotopic (exact) mass is 172 g/mol. The molecule has 1 aliphatic heterocycles. The van der Waals surface area contributed by atoms with E-state index in [1.165, 1.54) is 0 Å². The van der Waals surface area contributed by atoms with E-state index in [-0.39, 0.29) is 36.8 Å². The molecule has 1 rings (SSSR count). The van der Waals surface area contributed by atoms with Gasteiger partial charge in [0, 0.05) is 19.0 Å². The molecule has 1 aliphatic rings. The molecule has 3 nitrogen and oxygen atoms in total. The highest BCUT2D eigenvalue weighted by molar-refractivity contribution is 5.85. The Morgan fingerprint density at radius 1 is 1.56 bits per heavy atom. The Bertz CT molecular complexity index is 98.6. The van der Waals surface area contributed by atoms with Gasteiger partial charge in [0.2, 0.25) is 5.91 Å². The lowest BCUT2D eigenvalue weighted by molar-refractivity contribution is -0.119. The maximum absolute atomic E-state index is 10.3. The summed E-state index contributed by atoms with van der Waals surface area (Å²) in [6.45, 7) is 0.652. The molecule has 1 heterocycles. The topological polar surface area (TPSA) is 55.1 Å².